The van der Waals surface area contributed by atoms with E-state index in [0.29, 0.717) is 17.4 Å². The van der Waals surface area contributed by atoms with E-state index in [1.54, 1.807) is 11.8 Å². The number of halogens is 1. The van der Waals surface area contributed by atoms with Gasteiger partial charge in [-0.1, -0.05) is 17.7 Å². The Morgan fingerprint density at radius 2 is 2.24 bits per heavy atom. The molecule has 0 amide bonds. The van der Waals surface area contributed by atoms with E-state index in [-0.39, 0.29) is 0 Å². The van der Waals surface area contributed by atoms with Crippen LogP contribution in [0.1, 0.15) is 5.69 Å². The van der Waals surface area contributed by atoms with Gasteiger partial charge in [-0.3, -0.25) is 0 Å². The molecule has 0 aliphatic rings. The van der Waals surface area contributed by atoms with Crippen molar-refractivity contribution in [3.05, 3.63) is 41.0 Å². The summed E-state index contributed by atoms with van der Waals surface area (Å²) in [5.41, 5.74) is 7.68. The summed E-state index contributed by atoms with van der Waals surface area (Å²) in [6, 6.07) is 9.27. The minimum Gasteiger partial charge on any atom is -0.384 e. The molecule has 17 heavy (non-hydrogen) atoms. The summed E-state index contributed by atoms with van der Waals surface area (Å²) < 4.78 is 6.69. The van der Waals surface area contributed by atoms with E-state index in [4.69, 9.17) is 22.1 Å². The van der Waals surface area contributed by atoms with Crippen LogP contribution in [0.25, 0.3) is 5.69 Å². The second-order valence-electron chi connectivity index (χ2n) is 3.70. The molecule has 90 valence electrons. The Bertz CT molecular complexity index is 510. The van der Waals surface area contributed by atoms with Gasteiger partial charge in [0.05, 0.1) is 18.0 Å². The summed E-state index contributed by atoms with van der Waals surface area (Å²) in [6.07, 6.45) is 0.744. The van der Waals surface area contributed by atoms with Crippen LogP contribution < -0.4 is 5.73 Å². The molecule has 0 saturated carbocycles. The molecular formula is C12H14ClN3O. The Labute approximate surface area is 105 Å². The number of nitrogens with two attached hydrogens (primary N) is 1. The fraction of sp³-hybridized carbons (Fsp3) is 0.250. The number of anilines is 1. The average Bonchev–Trinajstić information content (AvgIpc) is 2.68. The topological polar surface area (TPSA) is 53.1 Å². The number of ether oxygens (including phenoxy) is 1. The standard InChI is InChI=1S/C12H14ClN3O/c1-17-6-5-10-8-12(14)16(15-10)11-4-2-3-9(13)7-11/h2-4,7-8H,5-6,14H2,1H3. The molecule has 0 atom stereocenters. The molecule has 0 unspecified atom stereocenters. The number of hydrogen-bond acceptors (Lipinski definition) is 3. The van der Waals surface area contributed by atoms with Crippen molar-refractivity contribution in [3.63, 3.8) is 0 Å². The molecule has 2 aromatic rings. The van der Waals surface area contributed by atoms with E-state index in [2.05, 4.69) is 5.10 Å². The number of hydrogen-bond donors (Lipinski definition) is 1. The average molecular weight is 252 g/mol. The second-order valence-corrected chi connectivity index (χ2v) is 4.13. The van der Waals surface area contributed by atoms with E-state index in [1.807, 2.05) is 30.3 Å². The molecular weight excluding hydrogens is 238 g/mol. The van der Waals surface area contributed by atoms with Crippen molar-refractivity contribution >= 4 is 17.4 Å². The van der Waals surface area contributed by atoms with Crippen molar-refractivity contribution in [2.45, 2.75) is 6.42 Å². The highest BCUT2D eigenvalue weighted by atomic mass is 35.5. The molecule has 2 N–H and O–H groups in total. The third kappa shape index (κ3) is 2.78. The third-order valence-electron chi connectivity index (χ3n) is 2.40. The largest absolute Gasteiger partial charge is 0.384 e. The lowest BCUT2D eigenvalue weighted by molar-refractivity contribution is 0.201. The van der Waals surface area contributed by atoms with E-state index < -0.39 is 0 Å². The second kappa shape index (κ2) is 5.21. The van der Waals surface area contributed by atoms with Crippen LogP contribution in [0.4, 0.5) is 5.82 Å². The van der Waals surface area contributed by atoms with Gasteiger partial charge < -0.3 is 10.5 Å². The molecule has 2 rings (SSSR count). The first-order chi connectivity index (χ1) is 8.20. The minimum absolute atomic E-state index is 0.596. The van der Waals surface area contributed by atoms with Crippen LogP contribution in [0.15, 0.2) is 30.3 Å². The number of nitrogens with zero attached hydrogens (tertiary/aromatic N) is 2. The van der Waals surface area contributed by atoms with E-state index >= 15 is 0 Å². The normalized spacial score (nSPS) is 10.7. The predicted octanol–water partition coefficient (Wildman–Crippen LogP) is 2.30. The van der Waals surface area contributed by atoms with Gasteiger partial charge in [0.1, 0.15) is 5.82 Å². The summed E-state index contributed by atoms with van der Waals surface area (Å²) >= 11 is 5.94. The fourth-order valence-electron chi connectivity index (χ4n) is 1.59. The number of rotatable bonds is 4. The van der Waals surface area contributed by atoms with Crippen LogP contribution in [0.3, 0.4) is 0 Å². The van der Waals surface area contributed by atoms with E-state index in [9.17, 15) is 0 Å². The highest BCUT2D eigenvalue weighted by molar-refractivity contribution is 6.30. The third-order valence-corrected chi connectivity index (χ3v) is 2.64. The van der Waals surface area contributed by atoms with Crippen molar-refractivity contribution in [3.8, 4) is 5.69 Å². The molecule has 0 spiro atoms. The smallest absolute Gasteiger partial charge is 0.127 e. The highest BCUT2D eigenvalue weighted by Gasteiger charge is 2.07. The van der Waals surface area contributed by atoms with Gasteiger partial charge in [-0.25, -0.2) is 4.68 Å². The molecule has 0 radical (unpaired) electrons. The van der Waals surface area contributed by atoms with Crippen LogP contribution in [0, 0.1) is 0 Å². The molecule has 4 nitrogen and oxygen atoms in total. The Morgan fingerprint density at radius 1 is 1.41 bits per heavy atom. The first-order valence-corrected chi connectivity index (χ1v) is 5.68. The van der Waals surface area contributed by atoms with Crippen LogP contribution in [0.5, 0.6) is 0 Å². The molecule has 0 saturated heterocycles. The number of methoxy groups -OCH3 is 1. The van der Waals surface area contributed by atoms with Crippen molar-refractivity contribution in [1.29, 1.82) is 0 Å². The zero-order valence-corrected chi connectivity index (χ0v) is 10.3. The molecule has 1 heterocycles. The molecule has 0 aliphatic heterocycles. The number of aromatic nitrogens is 2. The summed E-state index contributed by atoms with van der Waals surface area (Å²) in [5.74, 6) is 0.596. The molecule has 0 bridgehead atoms. The zero-order chi connectivity index (χ0) is 12.3. The Balaban J connectivity index is 2.29. The predicted molar refractivity (Wildman–Crippen MR) is 68.6 cm³/mol. The molecule has 1 aromatic carbocycles. The van der Waals surface area contributed by atoms with Gasteiger partial charge in [0.2, 0.25) is 0 Å². The molecule has 1 aromatic heterocycles. The van der Waals surface area contributed by atoms with Gasteiger partial charge in [0.15, 0.2) is 0 Å². The summed E-state index contributed by atoms with van der Waals surface area (Å²) in [5, 5.41) is 5.07. The van der Waals surface area contributed by atoms with E-state index in [0.717, 1.165) is 17.8 Å². The van der Waals surface area contributed by atoms with Crippen LogP contribution in [-0.4, -0.2) is 23.5 Å². The lowest BCUT2D eigenvalue weighted by Gasteiger charge is -2.03. The lowest BCUT2D eigenvalue weighted by atomic mass is 10.3. The van der Waals surface area contributed by atoms with Crippen LogP contribution in [-0.2, 0) is 11.2 Å². The minimum atomic E-state index is 0.596. The summed E-state index contributed by atoms with van der Waals surface area (Å²) in [6.45, 7) is 0.631. The van der Waals surface area contributed by atoms with Crippen molar-refractivity contribution in [2.24, 2.45) is 0 Å². The Hall–Kier alpha value is -1.52. The first-order valence-electron chi connectivity index (χ1n) is 5.30. The Morgan fingerprint density at radius 3 is 2.94 bits per heavy atom. The summed E-state index contributed by atoms with van der Waals surface area (Å²) in [4.78, 5) is 0. The SMILES string of the molecule is COCCc1cc(N)n(-c2cccc(Cl)c2)n1. The zero-order valence-electron chi connectivity index (χ0n) is 9.56. The fourth-order valence-corrected chi connectivity index (χ4v) is 1.77. The lowest BCUT2D eigenvalue weighted by Crippen LogP contribution is -2.02. The maximum atomic E-state index is 5.94. The van der Waals surface area contributed by atoms with Gasteiger partial charge in [0, 0.05) is 24.6 Å². The molecule has 0 fully saturated rings. The maximum Gasteiger partial charge on any atom is 0.127 e. The van der Waals surface area contributed by atoms with Crippen molar-refractivity contribution in [1.82, 2.24) is 9.78 Å². The molecule has 5 heteroatoms. The van der Waals surface area contributed by atoms with Gasteiger partial charge in [0.25, 0.3) is 0 Å². The van der Waals surface area contributed by atoms with E-state index in [1.165, 1.54) is 0 Å². The van der Waals surface area contributed by atoms with Crippen LogP contribution in [0.2, 0.25) is 5.02 Å². The number of nitrogen functional groups attached to an aromatic ring is 1. The van der Waals surface area contributed by atoms with Gasteiger partial charge >= 0.3 is 0 Å². The van der Waals surface area contributed by atoms with Crippen molar-refractivity contribution < 1.29 is 4.74 Å². The van der Waals surface area contributed by atoms with Gasteiger partial charge in [-0.2, -0.15) is 5.10 Å². The summed E-state index contributed by atoms with van der Waals surface area (Å²) in [7, 11) is 1.66. The quantitative estimate of drug-likeness (QED) is 0.907. The number of benzene rings is 1. The van der Waals surface area contributed by atoms with Gasteiger partial charge in [-0.15, -0.1) is 0 Å². The van der Waals surface area contributed by atoms with Crippen molar-refractivity contribution in [2.75, 3.05) is 19.5 Å². The highest BCUT2D eigenvalue weighted by Crippen LogP contribution is 2.18. The van der Waals surface area contributed by atoms with Crippen LogP contribution >= 0.6 is 11.6 Å². The molecule has 0 aliphatic carbocycles. The first kappa shape index (κ1) is 12.0. The Kier molecular flexibility index (Phi) is 3.66. The maximum absolute atomic E-state index is 5.94. The van der Waals surface area contributed by atoms with Gasteiger partial charge in [-0.05, 0) is 18.2 Å². The monoisotopic (exact) mass is 251 g/mol.